The number of H-pyrrole nitrogens is 1. The van der Waals surface area contributed by atoms with Crippen LogP contribution in [0.5, 0.6) is 0 Å². The molecule has 1 amide bonds. The SMILES string of the molecule is NC(=O)c1cc2cc(F)c(C(F)(F)F)cc2[nH]c1=O. The van der Waals surface area contributed by atoms with Gasteiger partial charge in [-0.1, -0.05) is 0 Å². The Bertz CT molecular complexity index is 734. The largest absolute Gasteiger partial charge is 0.419 e. The van der Waals surface area contributed by atoms with E-state index in [-0.39, 0.29) is 10.9 Å². The summed E-state index contributed by atoms with van der Waals surface area (Å²) in [5.41, 5.74) is 1.80. The molecule has 0 bridgehead atoms. The second-order valence-corrected chi connectivity index (χ2v) is 3.79. The molecule has 2 rings (SSSR count). The number of nitrogens with two attached hydrogens (primary N) is 1. The number of nitrogens with one attached hydrogen (secondary N) is 1. The summed E-state index contributed by atoms with van der Waals surface area (Å²) in [4.78, 5) is 24.4. The average molecular weight is 274 g/mol. The maximum Gasteiger partial charge on any atom is 0.419 e. The number of carbonyl (C=O) groups is 1. The van der Waals surface area contributed by atoms with Crippen molar-refractivity contribution in [2.75, 3.05) is 0 Å². The lowest BCUT2D eigenvalue weighted by Gasteiger charge is -2.09. The van der Waals surface area contributed by atoms with Crippen molar-refractivity contribution < 1.29 is 22.4 Å². The molecule has 3 N–H and O–H groups in total. The zero-order valence-corrected chi connectivity index (χ0v) is 9.14. The van der Waals surface area contributed by atoms with Crippen molar-refractivity contribution in [3.63, 3.8) is 0 Å². The molecule has 0 spiro atoms. The Hall–Kier alpha value is -2.38. The quantitative estimate of drug-likeness (QED) is 0.778. The topological polar surface area (TPSA) is 76.0 Å². The normalized spacial score (nSPS) is 11.8. The fourth-order valence-electron chi connectivity index (χ4n) is 1.63. The maximum atomic E-state index is 13.3. The zero-order valence-electron chi connectivity index (χ0n) is 9.14. The van der Waals surface area contributed by atoms with Crippen LogP contribution in [0.25, 0.3) is 10.9 Å². The van der Waals surface area contributed by atoms with Crippen LogP contribution in [-0.4, -0.2) is 10.9 Å². The summed E-state index contributed by atoms with van der Waals surface area (Å²) in [7, 11) is 0. The summed E-state index contributed by atoms with van der Waals surface area (Å²) < 4.78 is 50.8. The highest BCUT2D eigenvalue weighted by Crippen LogP contribution is 2.33. The van der Waals surface area contributed by atoms with Gasteiger partial charge >= 0.3 is 6.18 Å². The third-order valence-corrected chi connectivity index (χ3v) is 2.50. The first kappa shape index (κ1) is 13.1. The maximum absolute atomic E-state index is 13.3. The van der Waals surface area contributed by atoms with Crippen LogP contribution in [0.1, 0.15) is 15.9 Å². The van der Waals surface area contributed by atoms with Gasteiger partial charge in [-0.25, -0.2) is 4.39 Å². The Balaban J connectivity index is 2.80. The molecule has 1 aromatic heterocycles. The van der Waals surface area contributed by atoms with Gasteiger partial charge < -0.3 is 10.7 Å². The Labute approximate surface area is 102 Å². The summed E-state index contributed by atoms with van der Waals surface area (Å²) in [5, 5.41) is -0.0566. The van der Waals surface area contributed by atoms with E-state index in [1.165, 1.54) is 0 Å². The van der Waals surface area contributed by atoms with E-state index in [1.54, 1.807) is 0 Å². The van der Waals surface area contributed by atoms with Gasteiger partial charge in [0.2, 0.25) is 0 Å². The molecule has 0 aliphatic carbocycles. The van der Waals surface area contributed by atoms with Gasteiger partial charge in [0.05, 0.1) is 5.56 Å². The first-order valence-corrected chi connectivity index (χ1v) is 4.93. The van der Waals surface area contributed by atoms with E-state index < -0.39 is 34.6 Å². The second-order valence-electron chi connectivity index (χ2n) is 3.79. The number of hydrogen-bond acceptors (Lipinski definition) is 2. The minimum atomic E-state index is -4.88. The van der Waals surface area contributed by atoms with Crippen molar-refractivity contribution in [2.45, 2.75) is 6.18 Å². The van der Waals surface area contributed by atoms with E-state index in [1.807, 2.05) is 0 Å². The third-order valence-electron chi connectivity index (χ3n) is 2.50. The van der Waals surface area contributed by atoms with E-state index in [0.717, 1.165) is 6.07 Å². The molecule has 100 valence electrons. The summed E-state index contributed by atoms with van der Waals surface area (Å²) in [6.07, 6.45) is -4.88. The first-order chi connectivity index (χ1) is 8.70. The minimum absolute atomic E-state index is 0.0566. The van der Waals surface area contributed by atoms with Crippen molar-refractivity contribution in [1.82, 2.24) is 4.98 Å². The number of benzene rings is 1. The number of amides is 1. The van der Waals surface area contributed by atoms with Crippen LogP contribution in [0.3, 0.4) is 0 Å². The number of aromatic nitrogens is 1. The lowest BCUT2D eigenvalue weighted by Crippen LogP contribution is -2.23. The van der Waals surface area contributed by atoms with Crippen LogP contribution in [0.2, 0.25) is 0 Å². The van der Waals surface area contributed by atoms with Crippen LogP contribution < -0.4 is 11.3 Å². The number of halogens is 4. The fraction of sp³-hybridized carbons (Fsp3) is 0.0909. The predicted molar refractivity (Wildman–Crippen MR) is 58.0 cm³/mol. The molecule has 0 saturated carbocycles. The van der Waals surface area contributed by atoms with Crippen LogP contribution in [0.4, 0.5) is 17.6 Å². The standard InChI is InChI=1S/C11H6F4N2O2/c12-7-2-4-1-5(9(16)18)10(19)17-8(4)3-6(7)11(13,14)15/h1-3H,(H2,16,18)(H,17,19). The zero-order chi connectivity index (χ0) is 14.4. The van der Waals surface area contributed by atoms with E-state index in [4.69, 9.17) is 5.73 Å². The number of fused-ring (bicyclic) bond motifs is 1. The van der Waals surface area contributed by atoms with Crippen molar-refractivity contribution >= 4 is 16.8 Å². The van der Waals surface area contributed by atoms with Gasteiger partial charge in [0.25, 0.3) is 11.5 Å². The Kier molecular flexibility index (Phi) is 2.80. The van der Waals surface area contributed by atoms with Crippen molar-refractivity contribution in [2.24, 2.45) is 5.73 Å². The molecule has 1 heterocycles. The molecule has 0 aliphatic rings. The van der Waals surface area contributed by atoms with Crippen LogP contribution in [0.15, 0.2) is 23.0 Å². The number of hydrogen-bond donors (Lipinski definition) is 2. The molecule has 4 nitrogen and oxygen atoms in total. The summed E-state index contributed by atoms with van der Waals surface area (Å²) in [6, 6.07) is 2.00. The molecular weight excluding hydrogens is 268 g/mol. The van der Waals surface area contributed by atoms with Crippen LogP contribution in [-0.2, 0) is 6.18 Å². The van der Waals surface area contributed by atoms with Gasteiger partial charge in [0.15, 0.2) is 0 Å². The van der Waals surface area contributed by atoms with Crippen molar-refractivity contribution in [1.29, 1.82) is 0 Å². The lowest BCUT2D eigenvalue weighted by molar-refractivity contribution is -0.139. The van der Waals surface area contributed by atoms with Crippen LogP contribution >= 0.6 is 0 Å². The van der Waals surface area contributed by atoms with E-state index in [0.29, 0.717) is 12.1 Å². The highest BCUT2D eigenvalue weighted by Gasteiger charge is 2.34. The molecule has 0 aliphatic heterocycles. The van der Waals surface area contributed by atoms with Gasteiger partial charge in [0, 0.05) is 10.9 Å². The van der Waals surface area contributed by atoms with Gasteiger partial charge in [-0.05, 0) is 18.2 Å². The molecule has 0 atom stereocenters. The van der Waals surface area contributed by atoms with Crippen LogP contribution in [0, 0.1) is 5.82 Å². The predicted octanol–water partition coefficient (Wildman–Crippen LogP) is 1.78. The number of carbonyl (C=O) groups excluding carboxylic acids is 1. The number of alkyl halides is 3. The highest BCUT2D eigenvalue weighted by molar-refractivity contribution is 5.96. The molecule has 1 aromatic carbocycles. The average Bonchev–Trinajstić information content (AvgIpc) is 2.26. The third kappa shape index (κ3) is 2.28. The van der Waals surface area contributed by atoms with Crippen molar-refractivity contribution in [3.05, 3.63) is 45.5 Å². The van der Waals surface area contributed by atoms with Gasteiger partial charge in [-0.2, -0.15) is 13.2 Å². The van der Waals surface area contributed by atoms with E-state index in [2.05, 4.69) is 4.98 Å². The number of primary amides is 1. The first-order valence-electron chi connectivity index (χ1n) is 4.93. The highest BCUT2D eigenvalue weighted by atomic mass is 19.4. The molecule has 0 fully saturated rings. The Morgan fingerprint density at radius 1 is 1.21 bits per heavy atom. The van der Waals surface area contributed by atoms with E-state index >= 15 is 0 Å². The number of aromatic amines is 1. The molecular formula is C11H6F4N2O2. The molecule has 0 unspecified atom stereocenters. The summed E-state index contributed by atoms with van der Waals surface area (Å²) >= 11 is 0. The monoisotopic (exact) mass is 274 g/mol. The summed E-state index contributed by atoms with van der Waals surface area (Å²) in [6.45, 7) is 0. The number of pyridine rings is 1. The lowest BCUT2D eigenvalue weighted by atomic mass is 10.1. The van der Waals surface area contributed by atoms with Gasteiger partial charge in [0.1, 0.15) is 11.4 Å². The number of rotatable bonds is 1. The minimum Gasteiger partial charge on any atom is -0.365 e. The Morgan fingerprint density at radius 3 is 2.37 bits per heavy atom. The second kappa shape index (κ2) is 4.08. The molecule has 0 saturated heterocycles. The van der Waals surface area contributed by atoms with Crippen molar-refractivity contribution in [3.8, 4) is 0 Å². The fourth-order valence-corrected chi connectivity index (χ4v) is 1.63. The van der Waals surface area contributed by atoms with E-state index in [9.17, 15) is 27.2 Å². The molecule has 0 radical (unpaired) electrons. The Morgan fingerprint density at radius 2 is 1.84 bits per heavy atom. The van der Waals surface area contributed by atoms with Gasteiger partial charge in [-0.15, -0.1) is 0 Å². The molecule has 19 heavy (non-hydrogen) atoms. The smallest absolute Gasteiger partial charge is 0.365 e. The molecule has 8 heteroatoms. The summed E-state index contributed by atoms with van der Waals surface area (Å²) in [5.74, 6) is -2.55. The van der Waals surface area contributed by atoms with Gasteiger partial charge in [-0.3, -0.25) is 9.59 Å². The molecule has 2 aromatic rings.